The van der Waals surface area contributed by atoms with Crippen molar-refractivity contribution in [3.8, 4) is 0 Å². The van der Waals surface area contributed by atoms with Gasteiger partial charge in [0, 0.05) is 17.9 Å². The van der Waals surface area contributed by atoms with Crippen molar-refractivity contribution in [2.24, 2.45) is 7.05 Å². The molecule has 0 saturated carbocycles. The molecule has 1 aromatic rings. The molecule has 0 aliphatic rings. The largest absolute Gasteiger partial charge is 0.358 e. The molecular formula is C9H12BrN3O3. The average Bonchev–Trinajstić information content (AvgIpc) is 2.60. The minimum Gasteiger partial charge on any atom is -0.358 e. The third kappa shape index (κ3) is 2.82. The Morgan fingerprint density at radius 1 is 1.62 bits per heavy atom. The Kier molecular flexibility index (Phi) is 4.48. The molecule has 0 unspecified atom stereocenters. The molecule has 88 valence electrons. The van der Waals surface area contributed by atoms with Crippen LogP contribution in [-0.4, -0.2) is 27.3 Å². The van der Waals surface area contributed by atoms with Gasteiger partial charge in [-0.3, -0.25) is 4.79 Å². The predicted octanol–water partition coefficient (Wildman–Crippen LogP) is 1.45. The van der Waals surface area contributed by atoms with Crippen molar-refractivity contribution in [3.05, 3.63) is 27.9 Å². The van der Waals surface area contributed by atoms with Crippen LogP contribution in [0.25, 0.3) is 0 Å². The molecule has 0 radical (unpaired) electrons. The van der Waals surface area contributed by atoms with Gasteiger partial charge in [0.05, 0.1) is 7.05 Å². The lowest BCUT2D eigenvalue weighted by Gasteiger charge is -2.02. The van der Waals surface area contributed by atoms with Crippen LogP contribution < -0.4 is 5.32 Å². The quantitative estimate of drug-likeness (QED) is 0.386. The van der Waals surface area contributed by atoms with E-state index in [0.29, 0.717) is 12.2 Å². The number of aromatic nitrogens is 1. The zero-order chi connectivity index (χ0) is 12.1. The van der Waals surface area contributed by atoms with Crippen molar-refractivity contribution < 1.29 is 9.72 Å². The SMILES string of the molecule is Cn1c(C(=O)NCCCBr)ccc1[N+](=O)[O-]. The minimum atomic E-state index is -0.519. The Bertz CT molecular complexity index is 403. The standard InChI is InChI=1S/C9H12BrN3O3/c1-12-7(3-4-8(12)13(15)16)9(14)11-6-2-5-10/h3-4H,2,5-6H2,1H3,(H,11,14). The number of hydrogen-bond acceptors (Lipinski definition) is 3. The maximum atomic E-state index is 11.6. The Labute approximate surface area is 101 Å². The van der Waals surface area contributed by atoms with Gasteiger partial charge in [-0.1, -0.05) is 15.9 Å². The van der Waals surface area contributed by atoms with Crippen LogP contribution >= 0.6 is 15.9 Å². The van der Waals surface area contributed by atoms with Gasteiger partial charge in [0.15, 0.2) is 5.69 Å². The first kappa shape index (κ1) is 12.7. The number of halogens is 1. The van der Waals surface area contributed by atoms with Crippen LogP contribution in [0.15, 0.2) is 12.1 Å². The van der Waals surface area contributed by atoms with Crippen LogP contribution in [0, 0.1) is 10.1 Å². The van der Waals surface area contributed by atoms with E-state index in [9.17, 15) is 14.9 Å². The van der Waals surface area contributed by atoms with Gasteiger partial charge < -0.3 is 15.4 Å². The molecule has 0 fully saturated rings. The van der Waals surface area contributed by atoms with Gasteiger partial charge in [0.25, 0.3) is 5.91 Å². The molecule has 0 aromatic carbocycles. The molecular weight excluding hydrogens is 278 g/mol. The van der Waals surface area contributed by atoms with Crippen molar-refractivity contribution in [1.29, 1.82) is 0 Å². The maximum absolute atomic E-state index is 11.6. The summed E-state index contributed by atoms with van der Waals surface area (Å²) in [6.07, 6.45) is 0.818. The first-order valence-electron chi connectivity index (χ1n) is 4.72. The third-order valence-electron chi connectivity index (χ3n) is 2.11. The normalized spacial score (nSPS) is 10.1. The summed E-state index contributed by atoms with van der Waals surface area (Å²) in [5.41, 5.74) is 0.293. The lowest BCUT2D eigenvalue weighted by molar-refractivity contribution is -0.391. The summed E-state index contributed by atoms with van der Waals surface area (Å²) in [5.74, 6) is -0.387. The average molecular weight is 290 g/mol. The van der Waals surface area contributed by atoms with Crippen LogP contribution in [-0.2, 0) is 7.05 Å². The number of nitrogens with one attached hydrogen (secondary N) is 1. The van der Waals surface area contributed by atoms with Gasteiger partial charge in [-0.15, -0.1) is 0 Å². The van der Waals surface area contributed by atoms with E-state index in [-0.39, 0.29) is 11.7 Å². The fraction of sp³-hybridized carbons (Fsp3) is 0.444. The Morgan fingerprint density at radius 2 is 2.31 bits per heavy atom. The summed E-state index contributed by atoms with van der Waals surface area (Å²) in [4.78, 5) is 21.7. The summed E-state index contributed by atoms with van der Waals surface area (Å²) in [5, 5.41) is 14.1. The molecule has 0 aliphatic carbocycles. The molecule has 16 heavy (non-hydrogen) atoms. The predicted molar refractivity (Wildman–Crippen MR) is 62.8 cm³/mol. The second-order valence-electron chi connectivity index (χ2n) is 3.19. The topological polar surface area (TPSA) is 77.2 Å². The highest BCUT2D eigenvalue weighted by Crippen LogP contribution is 2.14. The fourth-order valence-electron chi connectivity index (χ4n) is 1.27. The Hall–Kier alpha value is -1.37. The monoisotopic (exact) mass is 289 g/mol. The van der Waals surface area contributed by atoms with E-state index in [4.69, 9.17) is 0 Å². The minimum absolute atomic E-state index is 0.0920. The second kappa shape index (κ2) is 5.64. The zero-order valence-corrected chi connectivity index (χ0v) is 10.4. The molecule has 1 amide bonds. The van der Waals surface area contributed by atoms with Crippen molar-refractivity contribution in [2.45, 2.75) is 6.42 Å². The third-order valence-corrected chi connectivity index (χ3v) is 2.67. The molecule has 6 nitrogen and oxygen atoms in total. The first-order chi connectivity index (χ1) is 7.57. The van der Waals surface area contributed by atoms with Crippen LogP contribution in [0.5, 0.6) is 0 Å². The van der Waals surface area contributed by atoms with E-state index in [0.717, 1.165) is 11.8 Å². The number of carbonyl (C=O) groups is 1. The first-order valence-corrected chi connectivity index (χ1v) is 5.84. The van der Waals surface area contributed by atoms with E-state index < -0.39 is 4.92 Å². The zero-order valence-electron chi connectivity index (χ0n) is 8.77. The number of amides is 1. The van der Waals surface area contributed by atoms with Crippen molar-refractivity contribution >= 4 is 27.7 Å². The van der Waals surface area contributed by atoms with Gasteiger partial charge >= 0.3 is 5.82 Å². The lowest BCUT2D eigenvalue weighted by Crippen LogP contribution is -2.26. The highest BCUT2D eigenvalue weighted by molar-refractivity contribution is 9.09. The number of hydrogen-bond donors (Lipinski definition) is 1. The Morgan fingerprint density at radius 3 is 2.81 bits per heavy atom. The molecule has 7 heteroatoms. The van der Waals surface area contributed by atoms with E-state index in [1.54, 1.807) is 0 Å². The molecule has 1 aromatic heterocycles. The Balaban J connectivity index is 2.73. The van der Waals surface area contributed by atoms with E-state index in [1.165, 1.54) is 23.7 Å². The van der Waals surface area contributed by atoms with Gasteiger partial charge in [-0.25, -0.2) is 4.57 Å². The maximum Gasteiger partial charge on any atom is 0.323 e. The number of carbonyl (C=O) groups excluding carboxylic acids is 1. The molecule has 0 bridgehead atoms. The summed E-state index contributed by atoms with van der Waals surface area (Å²) in [6.45, 7) is 0.545. The van der Waals surface area contributed by atoms with Gasteiger partial charge in [-0.05, 0) is 17.4 Å². The van der Waals surface area contributed by atoms with Crippen molar-refractivity contribution in [1.82, 2.24) is 9.88 Å². The molecule has 1 rings (SSSR count). The number of nitro groups is 1. The number of nitrogens with zero attached hydrogens (tertiary/aromatic N) is 2. The lowest BCUT2D eigenvalue weighted by atomic mass is 10.4. The second-order valence-corrected chi connectivity index (χ2v) is 3.98. The van der Waals surface area contributed by atoms with Gasteiger partial charge in [-0.2, -0.15) is 0 Å². The van der Waals surface area contributed by atoms with E-state index >= 15 is 0 Å². The summed E-state index contributed by atoms with van der Waals surface area (Å²) in [7, 11) is 1.50. The smallest absolute Gasteiger partial charge is 0.323 e. The van der Waals surface area contributed by atoms with E-state index in [2.05, 4.69) is 21.2 Å². The molecule has 0 spiro atoms. The molecule has 0 saturated heterocycles. The highest BCUT2D eigenvalue weighted by Gasteiger charge is 2.19. The van der Waals surface area contributed by atoms with Gasteiger partial charge in [0.2, 0.25) is 0 Å². The van der Waals surface area contributed by atoms with Crippen LogP contribution in [0.3, 0.4) is 0 Å². The van der Waals surface area contributed by atoms with Crippen molar-refractivity contribution in [2.75, 3.05) is 11.9 Å². The van der Waals surface area contributed by atoms with Gasteiger partial charge in [0.1, 0.15) is 0 Å². The molecule has 1 N–H and O–H groups in total. The van der Waals surface area contributed by atoms with E-state index in [1.807, 2.05) is 0 Å². The summed E-state index contributed by atoms with van der Waals surface area (Å²) >= 11 is 3.25. The van der Waals surface area contributed by atoms with Crippen LogP contribution in [0.4, 0.5) is 5.82 Å². The summed E-state index contributed by atoms with van der Waals surface area (Å²) in [6, 6.07) is 2.76. The summed E-state index contributed by atoms with van der Waals surface area (Å²) < 4.78 is 1.27. The number of rotatable bonds is 5. The highest BCUT2D eigenvalue weighted by atomic mass is 79.9. The fourth-order valence-corrected chi connectivity index (χ4v) is 1.55. The van der Waals surface area contributed by atoms with Crippen LogP contribution in [0.1, 0.15) is 16.9 Å². The van der Waals surface area contributed by atoms with Crippen molar-refractivity contribution in [3.63, 3.8) is 0 Å². The number of alkyl halides is 1. The molecule has 0 atom stereocenters. The van der Waals surface area contributed by atoms with Crippen LogP contribution in [0.2, 0.25) is 0 Å². The molecule has 0 aliphatic heterocycles. The molecule has 1 heterocycles.